The molecule has 1 fully saturated rings. The van der Waals surface area contributed by atoms with Gasteiger partial charge in [-0.2, -0.15) is 0 Å². The van der Waals surface area contributed by atoms with Crippen molar-refractivity contribution in [3.63, 3.8) is 0 Å². The zero-order valence-electron chi connectivity index (χ0n) is 11.3. The monoisotopic (exact) mass is 278 g/mol. The van der Waals surface area contributed by atoms with Crippen molar-refractivity contribution in [2.75, 3.05) is 13.2 Å². The number of hydrogen-bond donors (Lipinski definition) is 2. The third-order valence-corrected chi connectivity index (χ3v) is 4.00. The Balaban J connectivity index is 1.52. The fraction of sp³-hybridized carbons (Fsp3) is 0.533. The average molecular weight is 278 g/mol. The largest absolute Gasteiger partial charge is 0.376 e. The number of hydrogen-bond acceptors (Lipinski definition) is 2. The van der Waals surface area contributed by atoms with E-state index in [0.717, 1.165) is 43.4 Å². The van der Waals surface area contributed by atoms with Crippen LogP contribution in [0.4, 0.5) is 9.18 Å². The van der Waals surface area contributed by atoms with Crippen LogP contribution in [-0.2, 0) is 11.2 Å². The summed E-state index contributed by atoms with van der Waals surface area (Å²) in [5.41, 5.74) is 2.02. The van der Waals surface area contributed by atoms with Crippen LogP contribution in [0.15, 0.2) is 18.2 Å². The number of aryl methyl sites for hydroxylation is 1. The van der Waals surface area contributed by atoms with Crippen LogP contribution in [0, 0.1) is 5.82 Å². The highest BCUT2D eigenvalue weighted by Gasteiger charge is 2.24. The Bertz CT molecular complexity index is 501. The number of ether oxygens (including phenoxy) is 1. The summed E-state index contributed by atoms with van der Waals surface area (Å²) in [6.07, 6.45) is 3.85. The van der Waals surface area contributed by atoms with Gasteiger partial charge in [0.05, 0.1) is 12.1 Å². The van der Waals surface area contributed by atoms with Crippen molar-refractivity contribution in [1.82, 2.24) is 10.6 Å². The van der Waals surface area contributed by atoms with E-state index in [0.29, 0.717) is 6.54 Å². The zero-order chi connectivity index (χ0) is 13.9. The van der Waals surface area contributed by atoms with Gasteiger partial charge in [-0.05, 0) is 48.9 Å². The van der Waals surface area contributed by atoms with Crippen LogP contribution >= 0.6 is 0 Å². The summed E-state index contributed by atoms with van der Waals surface area (Å²) in [5.74, 6) is -0.216. The van der Waals surface area contributed by atoms with Crippen LogP contribution in [0.25, 0.3) is 0 Å². The summed E-state index contributed by atoms with van der Waals surface area (Å²) in [5, 5.41) is 5.79. The number of benzene rings is 1. The molecule has 4 nitrogen and oxygen atoms in total. The van der Waals surface area contributed by atoms with E-state index in [4.69, 9.17) is 4.74 Å². The number of rotatable bonds is 3. The molecule has 1 aromatic carbocycles. The van der Waals surface area contributed by atoms with Crippen molar-refractivity contribution < 1.29 is 13.9 Å². The molecule has 1 heterocycles. The summed E-state index contributed by atoms with van der Waals surface area (Å²) in [6.45, 7) is 1.34. The predicted octanol–water partition coefficient (Wildman–Crippen LogP) is 2.29. The molecule has 0 spiro atoms. The van der Waals surface area contributed by atoms with Gasteiger partial charge in [0.1, 0.15) is 5.82 Å². The second-order valence-corrected chi connectivity index (χ2v) is 5.42. The van der Waals surface area contributed by atoms with Gasteiger partial charge in [-0.25, -0.2) is 9.18 Å². The van der Waals surface area contributed by atoms with E-state index < -0.39 is 0 Å². The van der Waals surface area contributed by atoms with Gasteiger partial charge >= 0.3 is 6.03 Å². The molecule has 2 aliphatic rings. The van der Waals surface area contributed by atoms with Gasteiger partial charge in [-0.3, -0.25) is 0 Å². The van der Waals surface area contributed by atoms with Crippen LogP contribution in [-0.4, -0.2) is 25.3 Å². The highest BCUT2D eigenvalue weighted by atomic mass is 19.1. The van der Waals surface area contributed by atoms with Gasteiger partial charge in [0.25, 0.3) is 0 Å². The van der Waals surface area contributed by atoms with E-state index >= 15 is 0 Å². The van der Waals surface area contributed by atoms with Gasteiger partial charge in [0, 0.05) is 13.2 Å². The molecular formula is C15H19FN2O2. The third kappa shape index (κ3) is 2.93. The SMILES string of the molecule is O=C(NC[C@@H]1CCCO1)N[C@@H]1CCc2cc(F)ccc21. The summed E-state index contributed by atoms with van der Waals surface area (Å²) in [4.78, 5) is 11.9. The normalized spacial score (nSPS) is 24.4. The van der Waals surface area contributed by atoms with Gasteiger partial charge in [-0.15, -0.1) is 0 Å². The molecule has 2 amide bonds. The lowest BCUT2D eigenvalue weighted by molar-refractivity contribution is 0.111. The highest BCUT2D eigenvalue weighted by molar-refractivity contribution is 5.74. The Kier molecular flexibility index (Phi) is 3.87. The first-order chi connectivity index (χ1) is 9.72. The number of halogens is 1. The summed E-state index contributed by atoms with van der Waals surface area (Å²) in [7, 11) is 0. The van der Waals surface area contributed by atoms with E-state index in [2.05, 4.69) is 10.6 Å². The molecule has 2 N–H and O–H groups in total. The number of amides is 2. The van der Waals surface area contributed by atoms with Crippen molar-refractivity contribution in [2.45, 2.75) is 37.8 Å². The maximum Gasteiger partial charge on any atom is 0.315 e. The lowest BCUT2D eigenvalue weighted by Crippen LogP contribution is -2.40. The van der Waals surface area contributed by atoms with Crippen LogP contribution in [0.2, 0.25) is 0 Å². The molecule has 1 saturated heterocycles. The molecule has 0 unspecified atom stereocenters. The van der Waals surface area contributed by atoms with Gasteiger partial charge < -0.3 is 15.4 Å². The summed E-state index contributed by atoms with van der Waals surface area (Å²) in [6, 6.07) is 4.57. The zero-order valence-corrected chi connectivity index (χ0v) is 11.3. The van der Waals surface area contributed by atoms with Crippen LogP contribution in [0.1, 0.15) is 36.4 Å². The summed E-state index contributed by atoms with van der Waals surface area (Å²) >= 11 is 0. The van der Waals surface area contributed by atoms with Crippen LogP contribution in [0.5, 0.6) is 0 Å². The molecule has 0 aromatic heterocycles. The minimum absolute atomic E-state index is 0.0184. The summed E-state index contributed by atoms with van der Waals surface area (Å²) < 4.78 is 18.6. The third-order valence-electron chi connectivity index (χ3n) is 4.00. The number of carbonyl (C=O) groups excluding carboxylic acids is 1. The van der Waals surface area contributed by atoms with Crippen LogP contribution < -0.4 is 10.6 Å². The molecule has 20 heavy (non-hydrogen) atoms. The first-order valence-electron chi connectivity index (χ1n) is 7.16. The molecule has 1 aliphatic heterocycles. The van der Waals surface area contributed by atoms with Crippen molar-refractivity contribution in [2.24, 2.45) is 0 Å². The highest BCUT2D eigenvalue weighted by Crippen LogP contribution is 2.31. The van der Waals surface area contributed by atoms with E-state index in [1.807, 2.05) is 0 Å². The maximum absolute atomic E-state index is 13.1. The quantitative estimate of drug-likeness (QED) is 0.891. The van der Waals surface area contributed by atoms with Gasteiger partial charge in [-0.1, -0.05) is 6.07 Å². The maximum atomic E-state index is 13.1. The van der Waals surface area contributed by atoms with E-state index in [9.17, 15) is 9.18 Å². The Hall–Kier alpha value is -1.62. The first kappa shape index (κ1) is 13.4. The minimum Gasteiger partial charge on any atom is -0.376 e. The smallest absolute Gasteiger partial charge is 0.315 e. The Morgan fingerprint density at radius 3 is 3.10 bits per heavy atom. The van der Waals surface area contributed by atoms with E-state index in [1.54, 1.807) is 12.1 Å². The predicted molar refractivity (Wildman–Crippen MR) is 73.0 cm³/mol. The number of nitrogens with one attached hydrogen (secondary N) is 2. The fourth-order valence-electron chi connectivity index (χ4n) is 2.96. The molecule has 3 rings (SSSR count). The second-order valence-electron chi connectivity index (χ2n) is 5.42. The van der Waals surface area contributed by atoms with E-state index in [-0.39, 0.29) is 24.0 Å². The van der Waals surface area contributed by atoms with Crippen molar-refractivity contribution in [3.8, 4) is 0 Å². The lowest BCUT2D eigenvalue weighted by atomic mass is 10.1. The lowest BCUT2D eigenvalue weighted by Gasteiger charge is -2.16. The number of urea groups is 1. The molecule has 0 bridgehead atoms. The minimum atomic E-state index is -0.216. The van der Waals surface area contributed by atoms with Crippen molar-refractivity contribution >= 4 is 6.03 Å². The second kappa shape index (κ2) is 5.79. The number of fused-ring (bicyclic) bond motifs is 1. The first-order valence-corrected chi connectivity index (χ1v) is 7.16. The average Bonchev–Trinajstić information content (AvgIpc) is 3.06. The molecule has 0 radical (unpaired) electrons. The molecule has 2 atom stereocenters. The molecule has 1 aromatic rings. The topological polar surface area (TPSA) is 50.4 Å². The van der Waals surface area contributed by atoms with Crippen molar-refractivity contribution in [3.05, 3.63) is 35.1 Å². The Labute approximate surface area is 117 Å². The molecule has 108 valence electrons. The van der Waals surface area contributed by atoms with Crippen LogP contribution in [0.3, 0.4) is 0 Å². The fourth-order valence-corrected chi connectivity index (χ4v) is 2.96. The molecule has 1 aliphatic carbocycles. The number of carbonyl (C=O) groups is 1. The van der Waals surface area contributed by atoms with Gasteiger partial charge in [0.15, 0.2) is 0 Å². The Morgan fingerprint density at radius 2 is 2.30 bits per heavy atom. The standard InChI is InChI=1S/C15H19FN2O2/c16-11-4-5-13-10(8-11)3-6-14(13)18-15(19)17-9-12-2-1-7-20-12/h4-5,8,12,14H,1-3,6-7,9H2,(H2,17,18,19)/t12-,14+/m0/s1. The molecule has 5 heteroatoms. The Morgan fingerprint density at radius 1 is 1.40 bits per heavy atom. The molecule has 0 saturated carbocycles. The molecular weight excluding hydrogens is 259 g/mol. The van der Waals surface area contributed by atoms with Crippen molar-refractivity contribution in [1.29, 1.82) is 0 Å². The van der Waals surface area contributed by atoms with Gasteiger partial charge in [0.2, 0.25) is 0 Å². The van der Waals surface area contributed by atoms with E-state index in [1.165, 1.54) is 6.07 Å².